The smallest absolute Gasteiger partial charge is 0.126 e. The summed E-state index contributed by atoms with van der Waals surface area (Å²) >= 11 is 3.55. The summed E-state index contributed by atoms with van der Waals surface area (Å²) in [6.07, 6.45) is 8.97. The van der Waals surface area contributed by atoms with Crippen molar-refractivity contribution in [3.63, 3.8) is 0 Å². The second-order valence-electron chi connectivity index (χ2n) is 6.97. The lowest BCUT2D eigenvalue weighted by Gasteiger charge is -2.46. The van der Waals surface area contributed by atoms with Crippen LogP contribution in [0.3, 0.4) is 0 Å². The van der Waals surface area contributed by atoms with Crippen molar-refractivity contribution < 1.29 is 4.74 Å². The Morgan fingerprint density at radius 3 is 2.80 bits per heavy atom. The van der Waals surface area contributed by atoms with E-state index in [2.05, 4.69) is 34.1 Å². The molecule has 2 nitrogen and oxygen atoms in total. The lowest BCUT2D eigenvalue weighted by atomic mass is 9.71. The molecule has 2 aliphatic carbocycles. The maximum absolute atomic E-state index is 6.51. The van der Waals surface area contributed by atoms with Gasteiger partial charge in [-0.2, -0.15) is 0 Å². The van der Waals surface area contributed by atoms with E-state index in [-0.39, 0.29) is 11.6 Å². The van der Waals surface area contributed by atoms with Crippen LogP contribution in [-0.4, -0.2) is 5.60 Å². The molecule has 0 radical (unpaired) electrons. The van der Waals surface area contributed by atoms with Crippen molar-refractivity contribution in [3.05, 3.63) is 28.2 Å². The molecule has 0 saturated heterocycles. The van der Waals surface area contributed by atoms with E-state index >= 15 is 0 Å². The van der Waals surface area contributed by atoms with Gasteiger partial charge in [0.1, 0.15) is 11.4 Å². The Labute approximate surface area is 129 Å². The highest BCUT2D eigenvalue weighted by Crippen LogP contribution is 2.52. The summed E-state index contributed by atoms with van der Waals surface area (Å²) in [6.45, 7) is 0. The summed E-state index contributed by atoms with van der Waals surface area (Å²) in [5.74, 6) is 2.87. The number of hydrogen-bond donors (Lipinski definition) is 1. The summed E-state index contributed by atoms with van der Waals surface area (Å²) in [5, 5.41) is 0. The SMILES string of the molecule is N[C@@H]1CC2(CCCC(C3CC3)C2)Oc2cc(Br)ccc21. The van der Waals surface area contributed by atoms with Crippen LogP contribution < -0.4 is 10.5 Å². The fraction of sp³-hybridized carbons (Fsp3) is 0.647. The lowest BCUT2D eigenvalue weighted by Crippen LogP contribution is -2.46. The van der Waals surface area contributed by atoms with Gasteiger partial charge in [0.15, 0.2) is 0 Å². The number of benzene rings is 1. The number of halogens is 1. The summed E-state index contributed by atoms with van der Waals surface area (Å²) in [6, 6.07) is 6.40. The van der Waals surface area contributed by atoms with Gasteiger partial charge >= 0.3 is 0 Å². The number of nitrogens with two attached hydrogens (primary N) is 1. The van der Waals surface area contributed by atoms with Crippen LogP contribution >= 0.6 is 15.9 Å². The van der Waals surface area contributed by atoms with Gasteiger partial charge in [0.25, 0.3) is 0 Å². The predicted octanol–water partition coefficient (Wildman–Crippen LogP) is 4.57. The van der Waals surface area contributed by atoms with Gasteiger partial charge in [-0.1, -0.05) is 22.0 Å². The molecular formula is C17H22BrNO. The van der Waals surface area contributed by atoms with Gasteiger partial charge < -0.3 is 10.5 Å². The Morgan fingerprint density at radius 2 is 2.00 bits per heavy atom. The van der Waals surface area contributed by atoms with Crippen molar-refractivity contribution in [2.75, 3.05) is 0 Å². The number of fused-ring (bicyclic) bond motifs is 1. The monoisotopic (exact) mass is 335 g/mol. The second kappa shape index (κ2) is 4.74. The Balaban J connectivity index is 1.63. The highest BCUT2D eigenvalue weighted by atomic mass is 79.9. The van der Waals surface area contributed by atoms with E-state index < -0.39 is 0 Å². The molecule has 1 heterocycles. The molecule has 1 aliphatic heterocycles. The standard InChI is InChI=1S/C17H22BrNO/c18-13-5-6-14-15(19)10-17(20-16(14)8-13)7-1-2-12(9-17)11-3-4-11/h5-6,8,11-12,15H,1-4,7,9-10,19H2/t12?,15-,17?/m1/s1. The molecule has 1 aromatic rings. The van der Waals surface area contributed by atoms with Gasteiger partial charge in [0.05, 0.1) is 0 Å². The maximum atomic E-state index is 6.51. The maximum Gasteiger partial charge on any atom is 0.126 e. The molecule has 2 unspecified atom stereocenters. The molecule has 3 aliphatic rings. The molecule has 1 aromatic carbocycles. The molecule has 0 amide bonds. The topological polar surface area (TPSA) is 35.2 Å². The Bertz CT molecular complexity index is 528. The van der Waals surface area contributed by atoms with Crippen LogP contribution in [0.1, 0.15) is 56.6 Å². The van der Waals surface area contributed by atoms with Crippen molar-refractivity contribution in [1.82, 2.24) is 0 Å². The molecule has 20 heavy (non-hydrogen) atoms. The van der Waals surface area contributed by atoms with Gasteiger partial charge in [-0.05, 0) is 62.5 Å². The van der Waals surface area contributed by atoms with Crippen LogP contribution in [0.4, 0.5) is 0 Å². The van der Waals surface area contributed by atoms with Gasteiger partial charge in [-0.3, -0.25) is 0 Å². The number of rotatable bonds is 1. The number of hydrogen-bond acceptors (Lipinski definition) is 2. The zero-order valence-electron chi connectivity index (χ0n) is 11.8. The van der Waals surface area contributed by atoms with E-state index in [9.17, 15) is 0 Å². The van der Waals surface area contributed by atoms with Gasteiger partial charge in [-0.25, -0.2) is 0 Å². The van der Waals surface area contributed by atoms with E-state index in [4.69, 9.17) is 10.5 Å². The highest BCUT2D eigenvalue weighted by molar-refractivity contribution is 9.10. The normalized spacial score (nSPS) is 36.5. The first kappa shape index (κ1) is 13.1. The minimum atomic E-state index is 0.0126. The Hall–Kier alpha value is -0.540. The average Bonchev–Trinajstić information content (AvgIpc) is 3.22. The molecule has 1 spiro atoms. The van der Waals surface area contributed by atoms with E-state index in [1.807, 2.05) is 0 Å². The van der Waals surface area contributed by atoms with Crippen LogP contribution in [0, 0.1) is 11.8 Å². The van der Waals surface area contributed by atoms with E-state index in [0.717, 1.165) is 28.5 Å². The fourth-order valence-electron chi connectivity index (χ4n) is 4.31. The van der Waals surface area contributed by atoms with Gasteiger partial charge in [0, 0.05) is 22.5 Å². The van der Waals surface area contributed by atoms with E-state index in [1.165, 1.54) is 44.1 Å². The van der Waals surface area contributed by atoms with Crippen LogP contribution in [0.2, 0.25) is 0 Å². The Morgan fingerprint density at radius 1 is 1.15 bits per heavy atom. The summed E-state index contributed by atoms with van der Waals surface area (Å²) < 4.78 is 7.59. The average molecular weight is 336 g/mol. The predicted molar refractivity (Wildman–Crippen MR) is 83.7 cm³/mol. The van der Waals surface area contributed by atoms with Crippen LogP contribution in [-0.2, 0) is 0 Å². The Kier molecular flexibility index (Phi) is 3.11. The molecule has 0 aromatic heterocycles. The van der Waals surface area contributed by atoms with Crippen molar-refractivity contribution >= 4 is 15.9 Å². The molecule has 108 valence electrons. The third-order valence-electron chi connectivity index (χ3n) is 5.42. The first-order chi connectivity index (χ1) is 9.65. The summed E-state index contributed by atoms with van der Waals surface area (Å²) in [7, 11) is 0. The van der Waals surface area contributed by atoms with Crippen molar-refractivity contribution in [3.8, 4) is 5.75 Å². The van der Waals surface area contributed by atoms with E-state index in [1.54, 1.807) is 0 Å². The third-order valence-corrected chi connectivity index (χ3v) is 5.92. The fourth-order valence-corrected chi connectivity index (χ4v) is 4.65. The van der Waals surface area contributed by atoms with Crippen molar-refractivity contribution in [1.29, 1.82) is 0 Å². The number of ether oxygens (including phenoxy) is 1. The molecule has 0 bridgehead atoms. The second-order valence-corrected chi connectivity index (χ2v) is 7.89. The molecular weight excluding hydrogens is 314 g/mol. The lowest BCUT2D eigenvalue weighted by molar-refractivity contribution is -0.0208. The van der Waals surface area contributed by atoms with Gasteiger partial charge in [0.2, 0.25) is 0 Å². The molecule has 3 heteroatoms. The van der Waals surface area contributed by atoms with Crippen molar-refractivity contribution in [2.45, 2.75) is 56.6 Å². The minimum Gasteiger partial charge on any atom is -0.487 e. The quantitative estimate of drug-likeness (QED) is 0.815. The van der Waals surface area contributed by atoms with E-state index in [0.29, 0.717) is 0 Å². The van der Waals surface area contributed by atoms with Gasteiger partial charge in [-0.15, -0.1) is 0 Å². The molecule has 2 saturated carbocycles. The minimum absolute atomic E-state index is 0.0126. The molecule has 4 rings (SSSR count). The molecule has 2 fully saturated rings. The largest absolute Gasteiger partial charge is 0.487 e. The van der Waals surface area contributed by atoms with Crippen LogP contribution in [0.25, 0.3) is 0 Å². The zero-order valence-corrected chi connectivity index (χ0v) is 13.4. The zero-order chi connectivity index (χ0) is 13.7. The summed E-state index contributed by atoms with van der Waals surface area (Å²) in [4.78, 5) is 0. The first-order valence-electron chi connectivity index (χ1n) is 7.89. The molecule has 3 atom stereocenters. The third kappa shape index (κ3) is 2.29. The van der Waals surface area contributed by atoms with Crippen LogP contribution in [0.15, 0.2) is 22.7 Å². The molecule has 2 N–H and O–H groups in total. The summed E-state index contributed by atoms with van der Waals surface area (Å²) in [5.41, 5.74) is 7.63. The van der Waals surface area contributed by atoms with Crippen LogP contribution in [0.5, 0.6) is 5.75 Å². The highest BCUT2D eigenvalue weighted by Gasteiger charge is 2.46. The first-order valence-corrected chi connectivity index (χ1v) is 8.69. The van der Waals surface area contributed by atoms with Crippen molar-refractivity contribution in [2.24, 2.45) is 17.6 Å².